The summed E-state index contributed by atoms with van der Waals surface area (Å²) in [6, 6.07) is 8.46. The number of aliphatic hydroxyl groups is 1. The number of amides is 1. The van der Waals surface area contributed by atoms with E-state index in [1.165, 1.54) is 24.5 Å². The summed E-state index contributed by atoms with van der Waals surface area (Å²) in [6.45, 7) is 2.63. The standard InChI is InChI=1S/C16H23NO3/c1-12(18)16(19)17-10-5-11-20-15-9-4-7-13-6-2-3-8-14(13)15/h2-3,6,8,12,15,18H,4-5,7,9-11H2,1H3,(H,17,19). The van der Waals surface area contributed by atoms with E-state index >= 15 is 0 Å². The van der Waals surface area contributed by atoms with Gasteiger partial charge in [0.25, 0.3) is 0 Å². The monoisotopic (exact) mass is 277 g/mol. The van der Waals surface area contributed by atoms with Crippen LogP contribution in [0.1, 0.15) is 43.4 Å². The highest BCUT2D eigenvalue weighted by molar-refractivity contribution is 5.79. The van der Waals surface area contributed by atoms with Crippen LogP contribution in [0.5, 0.6) is 0 Å². The first-order valence-electron chi connectivity index (χ1n) is 7.33. The summed E-state index contributed by atoms with van der Waals surface area (Å²) in [4.78, 5) is 11.2. The van der Waals surface area contributed by atoms with Crippen LogP contribution in [0.2, 0.25) is 0 Å². The van der Waals surface area contributed by atoms with Gasteiger partial charge in [-0.05, 0) is 43.7 Å². The second-order valence-electron chi connectivity index (χ2n) is 5.27. The van der Waals surface area contributed by atoms with E-state index < -0.39 is 6.10 Å². The number of rotatable bonds is 6. The maximum atomic E-state index is 11.2. The zero-order valence-corrected chi connectivity index (χ0v) is 12.0. The van der Waals surface area contributed by atoms with E-state index in [2.05, 4.69) is 29.6 Å². The normalized spacial score (nSPS) is 19.2. The van der Waals surface area contributed by atoms with Gasteiger partial charge in [0.05, 0.1) is 6.10 Å². The van der Waals surface area contributed by atoms with Crippen molar-refractivity contribution in [3.8, 4) is 0 Å². The zero-order valence-electron chi connectivity index (χ0n) is 12.0. The molecule has 4 nitrogen and oxygen atoms in total. The number of ether oxygens (including phenoxy) is 1. The molecule has 2 N–H and O–H groups in total. The summed E-state index contributed by atoms with van der Waals surface area (Å²) in [6.07, 6.45) is 3.38. The average Bonchev–Trinajstić information content (AvgIpc) is 2.46. The number of nitrogens with one attached hydrogen (secondary N) is 1. The van der Waals surface area contributed by atoms with E-state index in [0.29, 0.717) is 13.2 Å². The fourth-order valence-corrected chi connectivity index (χ4v) is 2.54. The van der Waals surface area contributed by atoms with Gasteiger partial charge in [0, 0.05) is 13.2 Å². The van der Waals surface area contributed by atoms with E-state index in [9.17, 15) is 4.79 Å². The molecule has 0 radical (unpaired) electrons. The van der Waals surface area contributed by atoms with Crippen LogP contribution < -0.4 is 5.32 Å². The second-order valence-corrected chi connectivity index (χ2v) is 5.27. The average molecular weight is 277 g/mol. The molecule has 2 unspecified atom stereocenters. The molecule has 110 valence electrons. The van der Waals surface area contributed by atoms with Crippen molar-refractivity contribution in [3.05, 3.63) is 35.4 Å². The van der Waals surface area contributed by atoms with Crippen molar-refractivity contribution in [2.45, 2.75) is 44.8 Å². The van der Waals surface area contributed by atoms with Crippen molar-refractivity contribution in [1.29, 1.82) is 0 Å². The molecule has 0 fully saturated rings. The molecule has 0 saturated heterocycles. The maximum absolute atomic E-state index is 11.2. The van der Waals surface area contributed by atoms with E-state index in [4.69, 9.17) is 9.84 Å². The lowest BCUT2D eigenvalue weighted by Gasteiger charge is -2.25. The van der Waals surface area contributed by atoms with Crippen LogP contribution in [0.3, 0.4) is 0 Å². The molecule has 1 aliphatic carbocycles. The van der Waals surface area contributed by atoms with Crippen molar-refractivity contribution in [3.63, 3.8) is 0 Å². The highest BCUT2D eigenvalue weighted by atomic mass is 16.5. The van der Waals surface area contributed by atoms with Crippen LogP contribution in [0, 0.1) is 0 Å². The van der Waals surface area contributed by atoms with Crippen LogP contribution in [0.15, 0.2) is 24.3 Å². The molecule has 0 bridgehead atoms. The number of benzene rings is 1. The van der Waals surface area contributed by atoms with Crippen molar-refractivity contribution < 1.29 is 14.6 Å². The minimum Gasteiger partial charge on any atom is -0.384 e. The summed E-state index contributed by atoms with van der Waals surface area (Å²) >= 11 is 0. The van der Waals surface area contributed by atoms with E-state index in [1.54, 1.807) is 0 Å². The lowest BCUT2D eigenvalue weighted by atomic mass is 9.89. The first-order valence-corrected chi connectivity index (χ1v) is 7.33. The van der Waals surface area contributed by atoms with Crippen LogP contribution in [-0.4, -0.2) is 30.3 Å². The molecule has 4 heteroatoms. The molecule has 0 aliphatic heterocycles. The number of aliphatic hydroxyl groups excluding tert-OH is 1. The Balaban J connectivity index is 1.72. The molecule has 2 atom stereocenters. The number of carbonyl (C=O) groups excluding carboxylic acids is 1. The van der Waals surface area contributed by atoms with Gasteiger partial charge in [0.15, 0.2) is 0 Å². The van der Waals surface area contributed by atoms with Crippen molar-refractivity contribution in [1.82, 2.24) is 5.32 Å². The quantitative estimate of drug-likeness (QED) is 0.782. The minimum absolute atomic E-state index is 0.187. The second kappa shape index (κ2) is 7.41. The van der Waals surface area contributed by atoms with Crippen LogP contribution in [-0.2, 0) is 16.0 Å². The molecule has 0 heterocycles. The molecule has 1 aromatic carbocycles. The number of aryl methyl sites for hydroxylation is 1. The molecule has 1 amide bonds. The Morgan fingerprint density at radius 1 is 1.50 bits per heavy atom. The molecule has 0 spiro atoms. The van der Waals surface area contributed by atoms with Gasteiger partial charge in [-0.3, -0.25) is 4.79 Å². The van der Waals surface area contributed by atoms with Gasteiger partial charge in [-0.25, -0.2) is 0 Å². The van der Waals surface area contributed by atoms with Gasteiger partial charge in [0.2, 0.25) is 5.91 Å². The van der Waals surface area contributed by atoms with Crippen molar-refractivity contribution in [2.24, 2.45) is 0 Å². The topological polar surface area (TPSA) is 58.6 Å². The summed E-state index contributed by atoms with van der Waals surface area (Å²) in [7, 11) is 0. The Hall–Kier alpha value is -1.39. The molecular weight excluding hydrogens is 254 g/mol. The predicted octanol–water partition coefficient (Wildman–Crippen LogP) is 1.97. The molecule has 0 aromatic heterocycles. The van der Waals surface area contributed by atoms with Crippen LogP contribution in [0.4, 0.5) is 0 Å². The highest BCUT2D eigenvalue weighted by Gasteiger charge is 2.19. The summed E-state index contributed by atoms with van der Waals surface area (Å²) in [5.74, 6) is -0.326. The first kappa shape index (κ1) is 15.0. The van der Waals surface area contributed by atoms with E-state index in [-0.39, 0.29) is 12.0 Å². The lowest BCUT2D eigenvalue weighted by molar-refractivity contribution is -0.128. The minimum atomic E-state index is -0.943. The van der Waals surface area contributed by atoms with Gasteiger partial charge in [-0.15, -0.1) is 0 Å². The SMILES string of the molecule is CC(O)C(=O)NCCCOC1CCCc2ccccc21. The zero-order chi connectivity index (χ0) is 14.4. The van der Waals surface area contributed by atoms with E-state index in [1.807, 2.05) is 0 Å². The molecule has 0 saturated carbocycles. The van der Waals surface area contributed by atoms with Gasteiger partial charge < -0.3 is 15.2 Å². The Kier molecular flexibility index (Phi) is 5.56. The molecule has 1 aromatic rings. The predicted molar refractivity (Wildman–Crippen MR) is 77.4 cm³/mol. The number of carbonyl (C=O) groups is 1. The van der Waals surface area contributed by atoms with Gasteiger partial charge in [-0.2, -0.15) is 0 Å². The van der Waals surface area contributed by atoms with Crippen LogP contribution in [0.25, 0.3) is 0 Å². The molecular formula is C16H23NO3. The van der Waals surface area contributed by atoms with Crippen LogP contribution >= 0.6 is 0 Å². The molecule has 2 rings (SSSR count). The first-order chi connectivity index (χ1) is 9.68. The van der Waals surface area contributed by atoms with Crippen molar-refractivity contribution in [2.75, 3.05) is 13.2 Å². The Bertz CT molecular complexity index is 445. The maximum Gasteiger partial charge on any atom is 0.248 e. The number of hydrogen-bond donors (Lipinski definition) is 2. The Labute approximate surface area is 120 Å². The lowest BCUT2D eigenvalue weighted by Crippen LogP contribution is -2.33. The highest BCUT2D eigenvalue weighted by Crippen LogP contribution is 2.32. The fraction of sp³-hybridized carbons (Fsp3) is 0.562. The summed E-state index contributed by atoms with van der Waals surface area (Å²) < 4.78 is 5.94. The van der Waals surface area contributed by atoms with E-state index in [0.717, 1.165) is 19.3 Å². The third-order valence-electron chi connectivity index (χ3n) is 3.63. The summed E-state index contributed by atoms with van der Waals surface area (Å²) in [5.41, 5.74) is 2.71. The largest absolute Gasteiger partial charge is 0.384 e. The van der Waals surface area contributed by atoms with Crippen molar-refractivity contribution >= 4 is 5.91 Å². The Morgan fingerprint density at radius 2 is 2.30 bits per heavy atom. The number of hydrogen-bond acceptors (Lipinski definition) is 3. The summed E-state index contributed by atoms with van der Waals surface area (Å²) in [5, 5.41) is 11.7. The Morgan fingerprint density at radius 3 is 3.10 bits per heavy atom. The van der Waals surface area contributed by atoms with Gasteiger partial charge in [0.1, 0.15) is 6.10 Å². The van der Waals surface area contributed by atoms with Gasteiger partial charge >= 0.3 is 0 Å². The van der Waals surface area contributed by atoms with Gasteiger partial charge in [-0.1, -0.05) is 24.3 Å². The smallest absolute Gasteiger partial charge is 0.248 e. The number of fused-ring (bicyclic) bond motifs is 1. The molecule has 1 aliphatic rings. The third kappa shape index (κ3) is 4.05. The molecule has 20 heavy (non-hydrogen) atoms. The fourth-order valence-electron chi connectivity index (χ4n) is 2.54. The third-order valence-corrected chi connectivity index (χ3v) is 3.63.